The Hall–Kier alpha value is -2.12. The van der Waals surface area contributed by atoms with E-state index in [2.05, 4.69) is 15.2 Å². The Morgan fingerprint density at radius 3 is 2.36 bits per heavy atom. The van der Waals surface area contributed by atoms with Crippen LogP contribution < -0.4 is 10.9 Å². The van der Waals surface area contributed by atoms with Gasteiger partial charge in [-0.2, -0.15) is 22.0 Å². The van der Waals surface area contributed by atoms with Crippen LogP contribution in [0.1, 0.15) is 44.6 Å². The summed E-state index contributed by atoms with van der Waals surface area (Å²) in [5, 5.41) is 4.26. The van der Waals surface area contributed by atoms with Crippen molar-refractivity contribution >= 4 is 27.2 Å². The maximum Gasteiger partial charge on any atom is 0.282 e. The van der Waals surface area contributed by atoms with E-state index in [4.69, 9.17) is 9.72 Å². The van der Waals surface area contributed by atoms with Gasteiger partial charge in [0.2, 0.25) is 5.95 Å². The van der Waals surface area contributed by atoms with Crippen LogP contribution in [-0.2, 0) is 14.9 Å². The molecule has 11 nitrogen and oxygen atoms in total. The number of pyridine rings is 1. The van der Waals surface area contributed by atoms with Crippen molar-refractivity contribution in [2.24, 2.45) is 0 Å². The van der Waals surface area contributed by atoms with Gasteiger partial charge in [-0.05, 0) is 31.7 Å². The van der Waals surface area contributed by atoms with Crippen molar-refractivity contribution < 1.29 is 13.2 Å². The summed E-state index contributed by atoms with van der Waals surface area (Å²) < 4.78 is 36.7. The SMILES string of the molecule is O=c1ccc2cnc(NC3CCN(S(=O)(=O)N4CC(N5CCOCC5)C4)CC3)nc2n1C1CCCC1. The second kappa shape index (κ2) is 9.97. The fourth-order valence-electron chi connectivity index (χ4n) is 5.98. The molecule has 2 aromatic heterocycles. The number of nitrogens with one attached hydrogen (secondary N) is 1. The summed E-state index contributed by atoms with van der Waals surface area (Å²) in [6.45, 7) is 5.28. The topological polar surface area (TPSA) is 113 Å². The summed E-state index contributed by atoms with van der Waals surface area (Å²) in [4.78, 5) is 24.2. The van der Waals surface area contributed by atoms with Crippen molar-refractivity contribution in [2.45, 2.75) is 56.7 Å². The molecule has 1 aliphatic carbocycles. The molecule has 1 N–H and O–H groups in total. The molecule has 0 amide bonds. The summed E-state index contributed by atoms with van der Waals surface area (Å²) in [5.74, 6) is 0.497. The van der Waals surface area contributed by atoms with Crippen LogP contribution in [0.2, 0.25) is 0 Å². The maximum absolute atomic E-state index is 13.1. The average Bonchev–Trinajstić information content (AvgIpc) is 3.38. The first-order chi connectivity index (χ1) is 17.5. The zero-order valence-electron chi connectivity index (χ0n) is 20.6. The van der Waals surface area contributed by atoms with Crippen LogP contribution in [0.15, 0.2) is 23.1 Å². The van der Waals surface area contributed by atoms with E-state index in [0.29, 0.717) is 56.7 Å². The van der Waals surface area contributed by atoms with Crippen molar-refractivity contribution in [1.29, 1.82) is 0 Å². The molecule has 3 saturated heterocycles. The maximum atomic E-state index is 13.1. The molecule has 0 spiro atoms. The Balaban J connectivity index is 1.07. The molecule has 4 fully saturated rings. The molecule has 1 saturated carbocycles. The third kappa shape index (κ3) is 4.65. The van der Waals surface area contributed by atoms with E-state index in [1.54, 1.807) is 26.9 Å². The van der Waals surface area contributed by atoms with Gasteiger partial charge < -0.3 is 10.1 Å². The minimum Gasteiger partial charge on any atom is -0.379 e. The monoisotopic (exact) mass is 517 g/mol. The summed E-state index contributed by atoms with van der Waals surface area (Å²) in [7, 11) is -3.43. The molecule has 0 unspecified atom stereocenters. The van der Waals surface area contributed by atoms with Crippen molar-refractivity contribution in [3.63, 3.8) is 0 Å². The Morgan fingerprint density at radius 2 is 1.64 bits per heavy atom. The number of ether oxygens (including phenoxy) is 1. The van der Waals surface area contributed by atoms with Crippen LogP contribution in [0.4, 0.5) is 5.95 Å². The highest BCUT2D eigenvalue weighted by Gasteiger charge is 2.42. The van der Waals surface area contributed by atoms with E-state index < -0.39 is 10.2 Å². The summed E-state index contributed by atoms with van der Waals surface area (Å²) in [6, 6.07) is 3.97. The molecule has 0 atom stereocenters. The van der Waals surface area contributed by atoms with Crippen LogP contribution in [0.25, 0.3) is 11.0 Å². The van der Waals surface area contributed by atoms with Gasteiger partial charge in [-0.3, -0.25) is 14.3 Å². The van der Waals surface area contributed by atoms with Gasteiger partial charge in [-0.25, -0.2) is 4.98 Å². The fraction of sp³-hybridized carbons (Fsp3) is 0.708. The third-order valence-electron chi connectivity index (χ3n) is 8.19. The van der Waals surface area contributed by atoms with Crippen molar-refractivity contribution in [1.82, 2.24) is 28.0 Å². The second-order valence-electron chi connectivity index (χ2n) is 10.4. The van der Waals surface area contributed by atoms with Crippen molar-refractivity contribution in [3.05, 3.63) is 28.7 Å². The standard InChI is InChI=1S/C24H35N7O4S/c32-22-6-5-18-15-25-24(27-23(18)31(22)20-3-1-2-4-20)26-19-7-9-29(10-8-19)36(33,34)30-16-21(17-30)28-11-13-35-14-12-28/h5-6,15,19-21H,1-4,7-14,16-17H2,(H,25,26,27). The number of fused-ring (bicyclic) bond motifs is 1. The first-order valence-electron chi connectivity index (χ1n) is 13.2. The molecule has 5 heterocycles. The van der Waals surface area contributed by atoms with E-state index in [1.165, 1.54) is 0 Å². The number of rotatable bonds is 6. The minimum atomic E-state index is -3.43. The highest BCUT2D eigenvalue weighted by molar-refractivity contribution is 7.86. The van der Waals surface area contributed by atoms with E-state index in [9.17, 15) is 13.2 Å². The molecular weight excluding hydrogens is 482 g/mol. The van der Waals surface area contributed by atoms with Gasteiger partial charge in [0, 0.05) is 75.0 Å². The quantitative estimate of drug-likeness (QED) is 0.605. The van der Waals surface area contributed by atoms with E-state index in [-0.39, 0.29) is 17.6 Å². The largest absolute Gasteiger partial charge is 0.379 e. The van der Waals surface area contributed by atoms with E-state index in [0.717, 1.165) is 57.4 Å². The Morgan fingerprint density at radius 1 is 0.917 bits per heavy atom. The van der Waals surface area contributed by atoms with Gasteiger partial charge in [0.1, 0.15) is 5.65 Å². The number of piperidine rings is 1. The molecule has 4 aliphatic rings. The van der Waals surface area contributed by atoms with E-state index >= 15 is 0 Å². The first-order valence-corrected chi connectivity index (χ1v) is 14.6. The van der Waals surface area contributed by atoms with Crippen LogP contribution in [0.5, 0.6) is 0 Å². The lowest BCUT2D eigenvalue weighted by atomic mass is 10.1. The Kier molecular flexibility index (Phi) is 6.71. The summed E-state index contributed by atoms with van der Waals surface area (Å²) >= 11 is 0. The molecule has 0 radical (unpaired) electrons. The molecule has 2 aromatic rings. The van der Waals surface area contributed by atoms with Gasteiger partial charge in [-0.1, -0.05) is 12.8 Å². The van der Waals surface area contributed by atoms with Crippen molar-refractivity contribution in [2.75, 3.05) is 57.8 Å². The smallest absolute Gasteiger partial charge is 0.282 e. The van der Waals surface area contributed by atoms with Gasteiger partial charge in [0.15, 0.2) is 0 Å². The lowest BCUT2D eigenvalue weighted by Crippen LogP contribution is -2.65. The number of morpholine rings is 1. The molecule has 36 heavy (non-hydrogen) atoms. The van der Waals surface area contributed by atoms with Crippen LogP contribution in [-0.4, -0.2) is 101 Å². The normalized spacial score (nSPS) is 24.3. The summed E-state index contributed by atoms with van der Waals surface area (Å²) in [6.07, 6.45) is 7.42. The minimum absolute atomic E-state index is 0.0144. The summed E-state index contributed by atoms with van der Waals surface area (Å²) in [5.41, 5.74) is 0.666. The second-order valence-corrected chi connectivity index (χ2v) is 12.3. The number of hydrogen-bond donors (Lipinski definition) is 1. The third-order valence-corrected chi connectivity index (χ3v) is 10.2. The van der Waals surface area contributed by atoms with Crippen LogP contribution >= 0.6 is 0 Å². The van der Waals surface area contributed by atoms with Gasteiger partial charge >= 0.3 is 0 Å². The number of aromatic nitrogens is 3. The van der Waals surface area contributed by atoms with E-state index in [1.807, 2.05) is 4.57 Å². The first kappa shape index (κ1) is 24.2. The number of anilines is 1. The van der Waals surface area contributed by atoms with Gasteiger partial charge in [0.05, 0.1) is 13.2 Å². The molecule has 0 aromatic carbocycles. The highest BCUT2D eigenvalue weighted by Crippen LogP contribution is 2.30. The Labute approximate surface area is 211 Å². The van der Waals surface area contributed by atoms with Gasteiger partial charge in [-0.15, -0.1) is 0 Å². The zero-order valence-corrected chi connectivity index (χ0v) is 21.4. The van der Waals surface area contributed by atoms with Crippen LogP contribution in [0, 0.1) is 0 Å². The molecule has 6 rings (SSSR count). The lowest BCUT2D eigenvalue weighted by molar-refractivity contribution is -0.0128. The van der Waals surface area contributed by atoms with Crippen molar-refractivity contribution in [3.8, 4) is 0 Å². The highest BCUT2D eigenvalue weighted by atomic mass is 32.2. The zero-order chi connectivity index (χ0) is 24.7. The van der Waals surface area contributed by atoms with Gasteiger partial charge in [0.25, 0.3) is 15.8 Å². The fourth-order valence-corrected chi connectivity index (χ4v) is 7.70. The number of hydrogen-bond acceptors (Lipinski definition) is 8. The molecule has 0 bridgehead atoms. The Bertz CT molecular complexity index is 1240. The molecule has 12 heteroatoms. The lowest BCUT2D eigenvalue weighted by Gasteiger charge is -2.47. The van der Waals surface area contributed by atoms with Crippen LogP contribution in [0.3, 0.4) is 0 Å². The molecular formula is C24H35N7O4S. The number of nitrogens with zero attached hydrogens (tertiary/aromatic N) is 6. The molecule has 3 aliphatic heterocycles. The average molecular weight is 518 g/mol. The predicted octanol–water partition coefficient (Wildman–Crippen LogP) is 1.04. The molecule has 196 valence electrons. The predicted molar refractivity (Wildman–Crippen MR) is 136 cm³/mol.